The second-order valence-electron chi connectivity index (χ2n) is 8.73. The number of fused-ring (bicyclic) bond motifs is 1. The van der Waals surface area contributed by atoms with Crippen molar-refractivity contribution in [3.8, 4) is 11.5 Å². The Kier molecular flexibility index (Phi) is 5.13. The molecule has 7 nitrogen and oxygen atoms in total. The summed E-state index contributed by atoms with van der Waals surface area (Å²) in [5.41, 5.74) is 2.92. The van der Waals surface area contributed by atoms with Gasteiger partial charge in [-0.25, -0.2) is 4.98 Å². The van der Waals surface area contributed by atoms with Gasteiger partial charge in [-0.2, -0.15) is 0 Å². The van der Waals surface area contributed by atoms with E-state index in [1.165, 1.54) is 0 Å². The third-order valence-corrected chi connectivity index (χ3v) is 5.21. The molecule has 3 aromatic rings. The fourth-order valence-corrected chi connectivity index (χ4v) is 3.77. The summed E-state index contributed by atoms with van der Waals surface area (Å²) in [5.74, 6) is 2.52. The van der Waals surface area contributed by atoms with Gasteiger partial charge >= 0.3 is 0 Å². The van der Waals surface area contributed by atoms with Gasteiger partial charge in [0, 0.05) is 19.7 Å². The number of imidazole rings is 1. The highest BCUT2D eigenvalue weighted by Crippen LogP contribution is 2.31. The molecule has 0 radical (unpaired) electrons. The van der Waals surface area contributed by atoms with E-state index in [1.807, 2.05) is 79.8 Å². The van der Waals surface area contributed by atoms with Crippen LogP contribution >= 0.6 is 0 Å². The van der Waals surface area contributed by atoms with Crippen LogP contribution < -0.4 is 9.47 Å². The molecule has 0 saturated heterocycles. The summed E-state index contributed by atoms with van der Waals surface area (Å²) in [6.07, 6.45) is 0. The lowest BCUT2D eigenvalue weighted by atomic mass is 10.1. The number of ether oxygens (including phenoxy) is 2. The van der Waals surface area contributed by atoms with Gasteiger partial charge in [0.15, 0.2) is 0 Å². The summed E-state index contributed by atoms with van der Waals surface area (Å²) in [6, 6.07) is 13.5. The third kappa shape index (κ3) is 4.08. The van der Waals surface area contributed by atoms with E-state index in [-0.39, 0.29) is 23.7 Å². The number of nitrogens with one attached hydrogen (secondary N) is 1. The first-order chi connectivity index (χ1) is 14.7. The molecule has 0 amide bonds. The van der Waals surface area contributed by atoms with Crippen molar-refractivity contribution in [3.05, 3.63) is 59.6 Å². The minimum Gasteiger partial charge on any atom is -0.510 e. The number of benzene rings is 2. The van der Waals surface area contributed by atoms with E-state index in [4.69, 9.17) is 14.9 Å². The second kappa shape index (κ2) is 7.65. The molecule has 31 heavy (non-hydrogen) atoms. The van der Waals surface area contributed by atoms with Crippen molar-refractivity contribution < 1.29 is 14.6 Å². The van der Waals surface area contributed by atoms with Crippen LogP contribution in [0, 0.1) is 5.41 Å². The lowest BCUT2D eigenvalue weighted by Crippen LogP contribution is -2.26. The first-order valence-electron chi connectivity index (χ1n) is 10.2. The molecular weight excluding hydrogens is 392 g/mol. The number of hydrogen-bond donors (Lipinski definition) is 2. The smallest absolute Gasteiger partial charge is 0.148 e. The van der Waals surface area contributed by atoms with E-state index in [1.54, 1.807) is 7.11 Å². The van der Waals surface area contributed by atoms with Crippen LogP contribution in [0.5, 0.6) is 11.5 Å². The average Bonchev–Trinajstić information content (AvgIpc) is 3.17. The van der Waals surface area contributed by atoms with E-state index in [2.05, 4.69) is 4.98 Å². The van der Waals surface area contributed by atoms with Gasteiger partial charge in [-0.1, -0.05) is 12.1 Å². The Hall–Kier alpha value is -3.48. The van der Waals surface area contributed by atoms with Crippen molar-refractivity contribution in [2.24, 2.45) is 7.05 Å². The molecule has 0 fully saturated rings. The monoisotopic (exact) mass is 420 g/mol. The number of hydrogen-bond acceptors (Lipinski definition) is 5. The molecule has 7 heteroatoms. The predicted molar refractivity (Wildman–Crippen MR) is 122 cm³/mol. The van der Waals surface area contributed by atoms with Crippen LogP contribution in [0.4, 0.5) is 0 Å². The Bertz CT molecular complexity index is 1170. The van der Waals surface area contributed by atoms with Crippen LogP contribution in [-0.2, 0) is 13.6 Å². The highest BCUT2D eigenvalue weighted by molar-refractivity contribution is 6.23. The largest absolute Gasteiger partial charge is 0.510 e. The van der Waals surface area contributed by atoms with Gasteiger partial charge < -0.3 is 24.0 Å². The third-order valence-electron chi connectivity index (χ3n) is 5.21. The molecule has 2 N–H and O–H groups in total. The summed E-state index contributed by atoms with van der Waals surface area (Å²) in [6.45, 7) is 6.83. The maximum atomic E-state index is 10.7. The number of amidine groups is 1. The van der Waals surface area contributed by atoms with E-state index in [0.29, 0.717) is 17.9 Å². The highest BCUT2D eigenvalue weighted by atomic mass is 16.5. The van der Waals surface area contributed by atoms with Gasteiger partial charge in [-0.15, -0.1) is 0 Å². The normalized spacial score (nSPS) is 14.6. The summed E-state index contributed by atoms with van der Waals surface area (Å²) in [4.78, 5) is 6.51. The molecule has 2 aromatic carbocycles. The Balaban J connectivity index is 1.55. The average molecular weight is 421 g/mol. The standard InChI is InChI=1S/C24H28N4O3/c1-24(2,3)31-16-8-6-15(7-9-16)13-28-14-20(29)21(22(28)25)23-26-18-12-17(30-5)10-11-19(18)27(23)4/h6-12,25,29H,13-14H2,1-5H3. The highest BCUT2D eigenvalue weighted by Gasteiger charge is 2.31. The minimum absolute atomic E-state index is 0.156. The molecule has 0 saturated carbocycles. The zero-order valence-corrected chi connectivity index (χ0v) is 18.6. The van der Waals surface area contributed by atoms with Crippen molar-refractivity contribution in [3.63, 3.8) is 0 Å². The zero-order valence-electron chi connectivity index (χ0n) is 18.6. The molecule has 1 aromatic heterocycles. The topological polar surface area (TPSA) is 83.6 Å². The van der Waals surface area contributed by atoms with Crippen LogP contribution in [0.25, 0.3) is 16.6 Å². The van der Waals surface area contributed by atoms with Crippen LogP contribution in [0.15, 0.2) is 48.2 Å². The van der Waals surface area contributed by atoms with Crippen molar-refractivity contribution in [1.82, 2.24) is 14.5 Å². The summed E-state index contributed by atoms with van der Waals surface area (Å²) in [7, 11) is 3.51. The van der Waals surface area contributed by atoms with Gasteiger partial charge in [0.25, 0.3) is 0 Å². The lowest BCUT2D eigenvalue weighted by Gasteiger charge is -2.22. The fraction of sp³-hybridized carbons (Fsp3) is 0.333. The summed E-state index contributed by atoms with van der Waals surface area (Å²) < 4.78 is 13.1. The van der Waals surface area contributed by atoms with Gasteiger partial charge in [0.2, 0.25) is 0 Å². The first-order valence-corrected chi connectivity index (χ1v) is 10.2. The number of aliphatic hydroxyl groups excluding tert-OH is 1. The van der Waals surface area contributed by atoms with Crippen LogP contribution in [0.2, 0.25) is 0 Å². The predicted octanol–water partition coefficient (Wildman–Crippen LogP) is 4.52. The zero-order chi connectivity index (χ0) is 22.3. The molecule has 1 aliphatic heterocycles. The van der Waals surface area contributed by atoms with Crippen LogP contribution in [0.3, 0.4) is 0 Å². The number of aromatic nitrogens is 2. The Morgan fingerprint density at radius 2 is 1.77 bits per heavy atom. The molecule has 162 valence electrons. The molecule has 0 aliphatic carbocycles. The van der Waals surface area contributed by atoms with Gasteiger partial charge in [-0.3, -0.25) is 5.41 Å². The summed E-state index contributed by atoms with van der Waals surface area (Å²) in [5, 5.41) is 19.4. The van der Waals surface area contributed by atoms with Crippen molar-refractivity contribution in [2.75, 3.05) is 13.7 Å². The Morgan fingerprint density at radius 3 is 2.42 bits per heavy atom. The molecule has 0 bridgehead atoms. The molecule has 0 atom stereocenters. The number of aliphatic hydroxyl groups is 1. The van der Waals surface area contributed by atoms with Crippen molar-refractivity contribution in [1.29, 1.82) is 5.41 Å². The maximum absolute atomic E-state index is 10.7. The van der Waals surface area contributed by atoms with Crippen LogP contribution in [0.1, 0.15) is 32.2 Å². The Labute approximate surface area is 182 Å². The maximum Gasteiger partial charge on any atom is 0.148 e. The fourth-order valence-electron chi connectivity index (χ4n) is 3.77. The SMILES string of the molecule is COc1ccc2c(c1)nc(C1=C(O)CN(Cc3ccc(OC(C)(C)C)cc3)C1=N)n2C. The van der Waals surface area contributed by atoms with Crippen molar-refractivity contribution in [2.45, 2.75) is 32.9 Å². The van der Waals surface area contributed by atoms with E-state index in [9.17, 15) is 5.11 Å². The van der Waals surface area contributed by atoms with E-state index < -0.39 is 0 Å². The van der Waals surface area contributed by atoms with E-state index >= 15 is 0 Å². The first kappa shape index (κ1) is 20.8. The molecule has 0 unspecified atom stereocenters. The molecular formula is C24H28N4O3. The number of rotatable bonds is 5. The second-order valence-corrected chi connectivity index (χ2v) is 8.73. The summed E-state index contributed by atoms with van der Waals surface area (Å²) >= 11 is 0. The van der Waals surface area contributed by atoms with Gasteiger partial charge in [-0.05, 0) is 50.6 Å². The molecule has 1 aliphatic rings. The number of nitrogens with zero attached hydrogens (tertiary/aromatic N) is 3. The molecule has 4 rings (SSSR count). The minimum atomic E-state index is -0.251. The van der Waals surface area contributed by atoms with E-state index in [0.717, 1.165) is 28.1 Å². The Morgan fingerprint density at radius 1 is 1.10 bits per heavy atom. The van der Waals surface area contributed by atoms with Gasteiger partial charge in [0.1, 0.15) is 34.5 Å². The quantitative estimate of drug-likeness (QED) is 0.634. The molecule has 2 heterocycles. The number of aryl methyl sites for hydroxylation is 1. The van der Waals surface area contributed by atoms with Crippen LogP contribution in [-0.4, -0.2) is 44.6 Å². The number of methoxy groups -OCH3 is 1. The van der Waals surface area contributed by atoms with Gasteiger partial charge in [0.05, 0.1) is 30.3 Å². The van der Waals surface area contributed by atoms with Crippen molar-refractivity contribution >= 4 is 22.4 Å². The lowest BCUT2D eigenvalue weighted by molar-refractivity contribution is 0.131. The molecule has 0 spiro atoms.